The van der Waals surface area contributed by atoms with Crippen LogP contribution in [0.3, 0.4) is 0 Å². The largest absolute Gasteiger partial charge is 0.384 e. The highest BCUT2D eigenvalue weighted by atomic mass is 35.5. The molecule has 0 radical (unpaired) electrons. The van der Waals surface area contributed by atoms with E-state index < -0.39 is 0 Å². The predicted molar refractivity (Wildman–Crippen MR) is 69.0 cm³/mol. The maximum atomic E-state index is 13.4. The molecule has 17 heavy (non-hydrogen) atoms. The van der Waals surface area contributed by atoms with Gasteiger partial charge in [0.15, 0.2) is 0 Å². The minimum Gasteiger partial charge on any atom is -0.384 e. The number of hydrogen-bond donors (Lipinski definition) is 1. The molecule has 2 aromatic carbocycles. The van der Waals surface area contributed by atoms with E-state index in [-0.39, 0.29) is 5.82 Å². The Morgan fingerprint density at radius 3 is 2.88 bits per heavy atom. The number of nitrogens with one attached hydrogen (secondary N) is 1. The van der Waals surface area contributed by atoms with Crippen LogP contribution < -0.4 is 5.32 Å². The van der Waals surface area contributed by atoms with Gasteiger partial charge in [0.1, 0.15) is 5.82 Å². The molecule has 0 saturated heterocycles. The molecule has 1 heterocycles. The zero-order chi connectivity index (χ0) is 11.8. The smallest absolute Gasteiger partial charge is 0.125 e. The lowest BCUT2D eigenvalue weighted by molar-refractivity contribution is 0.628. The predicted octanol–water partition coefficient (Wildman–Crippen LogP) is 4.11. The molecule has 0 fully saturated rings. The topological polar surface area (TPSA) is 12.0 Å². The number of hydrogen-bond acceptors (Lipinski definition) is 1. The van der Waals surface area contributed by atoms with Gasteiger partial charge in [-0.05, 0) is 47.4 Å². The number of benzene rings is 2. The fourth-order valence-corrected chi connectivity index (χ4v) is 2.55. The van der Waals surface area contributed by atoms with Gasteiger partial charge in [-0.15, -0.1) is 0 Å². The van der Waals surface area contributed by atoms with Gasteiger partial charge in [-0.25, -0.2) is 4.39 Å². The molecule has 0 saturated carbocycles. The highest BCUT2D eigenvalue weighted by molar-refractivity contribution is 6.30. The molecule has 0 bridgehead atoms. The number of rotatable bonds is 1. The van der Waals surface area contributed by atoms with Gasteiger partial charge in [0.2, 0.25) is 0 Å². The van der Waals surface area contributed by atoms with E-state index in [1.807, 2.05) is 18.2 Å². The minimum absolute atomic E-state index is 0.295. The van der Waals surface area contributed by atoms with Crippen molar-refractivity contribution in [3.8, 4) is 11.1 Å². The molecule has 0 amide bonds. The standard InChI is InChI=1S/C14H11ClFN/c15-10-6-9(7-11(16)8-10)12-2-1-3-14-13(12)4-5-17-14/h1-3,6-8,17H,4-5H2. The van der Waals surface area contributed by atoms with Gasteiger partial charge in [-0.3, -0.25) is 0 Å². The summed E-state index contributed by atoms with van der Waals surface area (Å²) in [6.45, 7) is 0.940. The lowest BCUT2D eigenvalue weighted by Gasteiger charge is -2.08. The molecular weight excluding hydrogens is 237 g/mol. The van der Waals surface area contributed by atoms with Crippen molar-refractivity contribution in [1.82, 2.24) is 0 Å². The second-order valence-electron chi connectivity index (χ2n) is 4.17. The summed E-state index contributed by atoms with van der Waals surface area (Å²) in [7, 11) is 0. The van der Waals surface area contributed by atoms with Crippen molar-refractivity contribution in [2.24, 2.45) is 0 Å². The fraction of sp³-hybridized carbons (Fsp3) is 0.143. The maximum absolute atomic E-state index is 13.4. The van der Waals surface area contributed by atoms with Crippen molar-refractivity contribution in [3.05, 3.63) is 52.8 Å². The third-order valence-corrected chi connectivity index (χ3v) is 3.26. The average Bonchev–Trinajstić information content (AvgIpc) is 2.75. The number of anilines is 1. The summed E-state index contributed by atoms with van der Waals surface area (Å²) in [6.07, 6.45) is 0.972. The molecule has 0 unspecified atom stereocenters. The molecule has 1 aliphatic rings. The summed E-state index contributed by atoms with van der Waals surface area (Å²) in [5, 5.41) is 3.75. The summed E-state index contributed by atoms with van der Waals surface area (Å²) in [5.41, 5.74) is 4.29. The SMILES string of the molecule is Fc1cc(Cl)cc(-c2cccc3c2CCN3)c1. The number of halogens is 2. The second-order valence-corrected chi connectivity index (χ2v) is 4.60. The van der Waals surface area contributed by atoms with Gasteiger partial charge < -0.3 is 5.32 Å². The van der Waals surface area contributed by atoms with Crippen LogP contribution in [0.2, 0.25) is 5.02 Å². The first-order valence-electron chi connectivity index (χ1n) is 5.56. The van der Waals surface area contributed by atoms with Gasteiger partial charge >= 0.3 is 0 Å². The Labute approximate surface area is 104 Å². The Bertz CT molecular complexity index is 560. The molecule has 0 spiro atoms. The summed E-state index contributed by atoms with van der Waals surface area (Å²) in [4.78, 5) is 0. The van der Waals surface area contributed by atoms with Crippen LogP contribution in [0.25, 0.3) is 11.1 Å². The maximum Gasteiger partial charge on any atom is 0.125 e. The first-order chi connectivity index (χ1) is 8.24. The van der Waals surface area contributed by atoms with Crippen LogP contribution in [0.5, 0.6) is 0 Å². The molecule has 3 heteroatoms. The van der Waals surface area contributed by atoms with E-state index in [0.29, 0.717) is 5.02 Å². The van der Waals surface area contributed by atoms with E-state index >= 15 is 0 Å². The van der Waals surface area contributed by atoms with Gasteiger partial charge in [0, 0.05) is 17.3 Å². The second kappa shape index (κ2) is 4.04. The zero-order valence-corrected chi connectivity index (χ0v) is 9.89. The molecule has 0 aliphatic carbocycles. The Morgan fingerprint density at radius 2 is 2.06 bits per heavy atom. The first-order valence-corrected chi connectivity index (χ1v) is 5.94. The van der Waals surface area contributed by atoms with E-state index in [0.717, 1.165) is 29.8 Å². The van der Waals surface area contributed by atoms with E-state index in [1.165, 1.54) is 17.7 Å². The van der Waals surface area contributed by atoms with Crippen LogP contribution in [0, 0.1) is 5.82 Å². The van der Waals surface area contributed by atoms with Crippen LogP contribution in [-0.2, 0) is 6.42 Å². The van der Waals surface area contributed by atoms with Crippen molar-refractivity contribution >= 4 is 17.3 Å². The zero-order valence-electron chi connectivity index (χ0n) is 9.13. The highest BCUT2D eigenvalue weighted by Gasteiger charge is 2.15. The Morgan fingerprint density at radius 1 is 1.18 bits per heavy atom. The summed E-state index contributed by atoms with van der Waals surface area (Å²) >= 11 is 5.90. The summed E-state index contributed by atoms with van der Waals surface area (Å²) in [6, 6.07) is 10.7. The highest BCUT2D eigenvalue weighted by Crippen LogP contribution is 2.34. The van der Waals surface area contributed by atoms with Crippen LogP contribution in [0.1, 0.15) is 5.56 Å². The first kappa shape index (κ1) is 10.6. The molecule has 3 rings (SSSR count). The Balaban J connectivity index is 2.19. The lowest BCUT2D eigenvalue weighted by Crippen LogP contribution is -1.90. The quantitative estimate of drug-likeness (QED) is 0.800. The van der Waals surface area contributed by atoms with Gasteiger partial charge in [-0.1, -0.05) is 23.7 Å². The van der Waals surface area contributed by atoms with E-state index in [1.54, 1.807) is 6.07 Å². The third-order valence-electron chi connectivity index (χ3n) is 3.04. The van der Waals surface area contributed by atoms with Gasteiger partial charge in [0.25, 0.3) is 0 Å². The van der Waals surface area contributed by atoms with E-state index in [2.05, 4.69) is 5.32 Å². The van der Waals surface area contributed by atoms with Crippen LogP contribution in [0.15, 0.2) is 36.4 Å². The normalized spacial score (nSPS) is 13.3. The number of fused-ring (bicyclic) bond motifs is 1. The minimum atomic E-state index is -0.295. The molecule has 86 valence electrons. The van der Waals surface area contributed by atoms with Crippen molar-refractivity contribution < 1.29 is 4.39 Å². The van der Waals surface area contributed by atoms with Crippen molar-refractivity contribution in [2.75, 3.05) is 11.9 Å². The Kier molecular flexibility index (Phi) is 2.52. The van der Waals surface area contributed by atoms with Crippen molar-refractivity contribution in [3.63, 3.8) is 0 Å². The van der Waals surface area contributed by atoms with Crippen LogP contribution in [-0.4, -0.2) is 6.54 Å². The third kappa shape index (κ3) is 1.89. The monoisotopic (exact) mass is 247 g/mol. The Hall–Kier alpha value is -1.54. The van der Waals surface area contributed by atoms with Crippen LogP contribution in [0.4, 0.5) is 10.1 Å². The molecule has 0 atom stereocenters. The molecule has 1 N–H and O–H groups in total. The van der Waals surface area contributed by atoms with Crippen molar-refractivity contribution in [1.29, 1.82) is 0 Å². The average molecular weight is 248 g/mol. The fourth-order valence-electron chi connectivity index (χ4n) is 2.32. The van der Waals surface area contributed by atoms with E-state index in [4.69, 9.17) is 11.6 Å². The van der Waals surface area contributed by atoms with E-state index in [9.17, 15) is 4.39 Å². The summed E-state index contributed by atoms with van der Waals surface area (Å²) < 4.78 is 13.4. The van der Waals surface area contributed by atoms with Gasteiger partial charge in [0.05, 0.1) is 0 Å². The van der Waals surface area contributed by atoms with Gasteiger partial charge in [-0.2, -0.15) is 0 Å². The summed E-state index contributed by atoms with van der Waals surface area (Å²) in [5.74, 6) is -0.295. The molecule has 1 nitrogen and oxygen atoms in total. The molecule has 0 aromatic heterocycles. The molecule has 1 aliphatic heterocycles. The lowest BCUT2D eigenvalue weighted by atomic mass is 9.98. The van der Waals surface area contributed by atoms with Crippen LogP contribution >= 0.6 is 11.6 Å². The van der Waals surface area contributed by atoms with Crippen molar-refractivity contribution in [2.45, 2.75) is 6.42 Å². The molecular formula is C14H11ClFN. The molecule has 2 aromatic rings.